The van der Waals surface area contributed by atoms with Crippen LogP contribution in [0.2, 0.25) is 0 Å². The number of nitrogens with zero attached hydrogens (tertiary/aromatic N) is 2. The Balaban J connectivity index is 1.74. The molecule has 1 amide bonds. The van der Waals surface area contributed by atoms with Crippen molar-refractivity contribution in [3.63, 3.8) is 0 Å². The molecule has 1 fully saturated rings. The summed E-state index contributed by atoms with van der Waals surface area (Å²) in [5.74, 6) is 1.46. The monoisotopic (exact) mass is 413 g/mol. The minimum absolute atomic E-state index is 0.0224. The normalized spacial score (nSPS) is 21.5. The Morgan fingerprint density at radius 3 is 2.66 bits per heavy atom. The van der Waals surface area contributed by atoms with E-state index in [1.165, 1.54) is 6.26 Å². The molecular weight excluding hydrogens is 386 g/mol. The van der Waals surface area contributed by atoms with Crippen LogP contribution in [0.25, 0.3) is 0 Å². The third-order valence-corrected chi connectivity index (χ3v) is 7.31. The van der Waals surface area contributed by atoms with Crippen molar-refractivity contribution in [2.45, 2.75) is 50.5 Å². The van der Waals surface area contributed by atoms with Crippen molar-refractivity contribution < 1.29 is 13.2 Å². The van der Waals surface area contributed by atoms with Crippen molar-refractivity contribution in [3.8, 4) is 0 Å². The number of rotatable bonds is 3. The maximum Gasteiger partial charge on any atom is 0.230 e. The van der Waals surface area contributed by atoms with Gasteiger partial charge in [-0.15, -0.1) is 0 Å². The minimum Gasteiger partial charge on any atom is -0.338 e. The van der Waals surface area contributed by atoms with Gasteiger partial charge in [0.2, 0.25) is 5.91 Å². The van der Waals surface area contributed by atoms with Crippen LogP contribution in [0, 0.1) is 11.8 Å². The van der Waals surface area contributed by atoms with Gasteiger partial charge in [-0.3, -0.25) is 4.79 Å². The molecule has 1 aromatic carbocycles. The number of hydrogen-bond donors (Lipinski definition) is 1. The maximum atomic E-state index is 13.6. The number of anilines is 3. The molecule has 1 aliphatic carbocycles. The van der Waals surface area contributed by atoms with Crippen LogP contribution in [0.5, 0.6) is 0 Å². The molecule has 0 radical (unpaired) electrons. The van der Waals surface area contributed by atoms with Gasteiger partial charge < -0.3 is 10.2 Å². The van der Waals surface area contributed by atoms with Crippen molar-refractivity contribution in [3.05, 3.63) is 42.1 Å². The van der Waals surface area contributed by atoms with Crippen LogP contribution in [-0.4, -0.2) is 25.6 Å². The van der Waals surface area contributed by atoms with Crippen molar-refractivity contribution in [1.29, 1.82) is 0 Å². The summed E-state index contributed by atoms with van der Waals surface area (Å²) in [6, 6.07) is 8.72. The van der Waals surface area contributed by atoms with E-state index in [0.717, 1.165) is 37.7 Å². The highest BCUT2D eigenvalue weighted by molar-refractivity contribution is 7.90. The van der Waals surface area contributed by atoms with Crippen LogP contribution in [0.3, 0.4) is 0 Å². The van der Waals surface area contributed by atoms with Gasteiger partial charge in [0, 0.05) is 23.9 Å². The summed E-state index contributed by atoms with van der Waals surface area (Å²) in [6.45, 7) is 2.59. The lowest BCUT2D eigenvalue weighted by molar-refractivity contribution is -0.123. The van der Waals surface area contributed by atoms with Crippen LogP contribution >= 0.6 is 0 Å². The zero-order valence-electron chi connectivity index (χ0n) is 16.9. The lowest BCUT2D eigenvalue weighted by Gasteiger charge is -2.32. The highest BCUT2D eigenvalue weighted by atomic mass is 32.2. The number of benzene rings is 1. The maximum absolute atomic E-state index is 13.6. The molecule has 1 aromatic heterocycles. The van der Waals surface area contributed by atoms with Gasteiger partial charge in [0.15, 0.2) is 9.84 Å². The van der Waals surface area contributed by atoms with Gasteiger partial charge in [0.25, 0.3) is 0 Å². The first-order valence-electron chi connectivity index (χ1n) is 10.2. The summed E-state index contributed by atoms with van der Waals surface area (Å²) < 4.78 is 24.3. The fourth-order valence-electron chi connectivity index (χ4n) is 4.37. The van der Waals surface area contributed by atoms with Crippen molar-refractivity contribution in [2.75, 3.05) is 16.5 Å². The zero-order valence-corrected chi connectivity index (χ0v) is 17.7. The molecule has 154 valence electrons. The van der Waals surface area contributed by atoms with Gasteiger partial charge in [0.1, 0.15) is 5.82 Å². The van der Waals surface area contributed by atoms with E-state index in [-0.39, 0.29) is 16.7 Å². The molecule has 0 atom stereocenters. The molecule has 0 saturated heterocycles. The number of carbonyl (C=O) groups excluding carboxylic acids is 1. The van der Waals surface area contributed by atoms with Crippen molar-refractivity contribution in [1.82, 2.24) is 4.98 Å². The number of sulfone groups is 1. The Morgan fingerprint density at radius 1 is 1.21 bits per heavy atom. The van der Waals surface area contributed by atoms with E-state index in [0.29, 0.717) is 29.7 Å². The quantitative estimate of drug-likeness (QED) is 0.812. The largest absolute Gasteiger partial charge is 0.338 e. The molecular formula is C22H27N3O3S. The Bertz CT molecular complexity index is 1030. The average Bonchev–Trinajstić information content (AvgIpc) is 2.88. The predicted molar refractivity (Wildman–Crippen MR) is 114 cm³/mol. The first-order chi connectivity index (χ1) is 13.9. The van der Waals surface area contributed by atoms with E-state index in [1.807, 2.05) is 12.1 Å². The van der Waals surface area contributed by atoms with Crippen LogP contribution < -0.4 is 10.2 Å². The molecule has 7 heteroatoms. The van der Waals surface area contributed by atoms with Crippen LogP contribution in [-0.2, 0) is 21.2 Å². The van der Waals surface area contributed by atoms with Gasteiger partial charge in [-0.1, -0.05) is 19.4 Å². The summed E-state index contributed by atoms with van der Waals surface area (Å²) >= 11 is 0. The number of nitrogens with one attached hydrogen (secondary N) is 1. The third-order valence-electron chi connectivity index (χ3n) is 6.20. The molecule has 0 spiro atoms. The number of hydrogen-bond acceptors (Lipinski definition) is 5. The van der Waals surface area contributed by atoms with E-state index in [2.05, 4.69) is 17.2 Å². The summed E-state index contributed by atoms with van der Waals surface area (Å²) in [6.07, 6.45) is 7.99. The van der Waals surface area contributed by atoms with Gasteiger partial charge >= 0.3 is 0 Å². The Morgan fingerprint density at radius 2 is 1.97 bits per heavy atom. The molecule has 1 N–H and O–H groups in total. The molecule has 2 aromatic rings. The van der Waals surface area contributed by atoms with Crippen molar-refractivity contribution in [2.24, 2.45) is 11.8 Å². The molecule has 0 unspecified atom stereocenters. The highest BCUT2D eigenvalue weighted by Crippen LogP contribution is 2.39. The molecule has 1 aliphatic heterocycles. The summed E-state index contributed by atoms with van der Waals surface area (Å²) in [4.78, 5) is 19.9. The van der Waals surface area contributed by atoms with E-state index < -0.39 is 9.84 Å². The number of carbonyl (C=O) groups is 1. The lowest BCUT2D eigenvalue weighted by atomic mass is 9.80. The third kappa shape index (κ3) is 4.01. The topological polar surface area (TPSA) is 79.4 Å². The second-order valence-corrected chi connectivity index (χ2v) is 10.2. The second-order valence-electron chi connectivity index (χ2n) is 8.14. The van der Waals surface area contributed by atoms with Crippen LogP contribution in [0.15, 0.2) is 41.4 Å². The average molecular weight is 414 g/mol. The molecule has 4 rings (SSSR count). The molecule has 2 heterocycles. The predicted octanol–water partition coefficient (Wildman–Crippen LogP) is 4.29. The van der Waals surface area contributed by atoms with Gasteiger partial charge in [-0.25, -0.2) is 13.4 Å². The zero-order chi connectivity index (χ0) is 20.6. The van der Waals surface area contributed by atoms with Gasteiger partial charge in [0.05, 0.1) is 22.8 Å². The fourth-order valence-corrected chi connectivity index (χ4v) is 5.01. The lowest BCUT2D eigenvalue weighted by Crippen LogP contribution is -2.37. The molecule has 1 saturated carbocycles. The van der Waals surface area contributed by atoms with Gasteiger partial charge in [-0.05, 0) is 55.9 Å². The smallest absolute Gasteiger partial charge is 0.230 e. The first-order valence-corrected chi connectivity index (χ1v) is 12.1. The number of pyridine rings is 1. The first kappa shape index (κ1) is 19.9. The SMILES string of the molecule is CC[C@H]1CC[C@H](C(=O)N2Cc3cccnc3Nc3ccc(S(C)(=O)=O)cc32)CC1. The van der Waals surface area contributed by atoms with Crippen molar-refractivity contribution >= 4 is 32.9 Å². The summed E-state index contributed by atoms with van der Waals surface area (Å²) in [5.41, 5.74) is 2.22. The summed E-state index contributed by atoms with van der Waals surface area (Å²) in [5, 5.41) is 3.29. The Kier molecular flexibility index (Phi) is 5.34. The van der Waals surface area contributed by atoms with E-state index >= 15 is 0 Å². The number of aromatic nitrogens is 1. The fraction of sp³-hybridized carbons (Fsp3) is 0.455. The number of fused-ring (bicyclic) bond motifs is 2. The van der Waals surface area contributed by atoms with E-state index in [1.54, 1.807) is 29.3 Å². The standard InChI is InChI=1S/C22H27N3O3S/c1-3-15-6-8-16(9-7-15)22(26)25-14-17-5-4-12-23-21(17)24-19-11-10-18(13-20(19)25)29(2,27)28/h4-5,10-13,15-16H,3,6-9,14H2,1-2H3,(H,23,24)/t15-,16-. The number of amides is 1. The summed E-state index contributed by atoms with van der Waals surface area (Å²) in [7, 11) is -3.38. The molecule has 0 bridgehead atoms. The Hall–Kier alpha value is -2.41. The highest BCUT2D eigenvalue weighted by Gasteiger charge is 2.33. The van der Waals surface area contributed by atoms with Gasteiger partial charge in [-0.2, -0.15) is 0 Å². The van der Waals surface area contributed by atoms with Crippen LogP contribution in [0.4, 0.5) is 17.2 Å². The minimum atomic E-state index is -3.38. The van der Waals surface area contributed by atoms with E-state index in [4.69, 9.17) is 0 Å². The van der Waals surface area contributed by atoms with E-state index in [9.17, 15) is 13.2 Å². The molecule has 6 nitrogen and oxygen atoms in total. The second kappa shape index (κ2) is 7.78. The Labute approximate surface area is 172 Å². The molecule has 29 heavy (non-hydrogen) atoms. The van der Waals surface area contributed by atoms with Crippen LogP contribution in [0.1, 0.15) is 44.6 Å². The molecule has 2 aliphatic rings.